The van der Waals surface area contributed by atoms with Gasteiger partial charge in [-0.15, -0.1) is 6.58 Å². The Morgan fingerprint density at radius 1 is 1.55 bits per heavy atom. The van der Waals surface area contributed by atoms with Crippen molar-refractivity contribution in [2.24, 2.45) is 5.16 Å². The molecule has 1 aromatic rings. The van der Waals surface area contributed by atoms with Gasteiger partial charge in [-0.2, -0.15) is 0 Å². The van der Waals surface area contributed by atoms with E-state index in [0.29, 0.717) is 13.0 Å². The Hall–Kier alpha value is -2.30. The zero-order valence-corrected chi connectivity index (χ0v) is 11.7. The third kappa shape index (κ3) is 2.82. The van der Waals surface area contributed by atoms with Crippen molar-refractivity contribution >= 4 is 11.6 Å². The molecule has 0 aliphatic carbocycles. The van der Waals surface area contributed by atoms with E-state index >= 15 is 0 Å². The molecule has 1 aromatic carbocycles. The Morgan fingerprint density at radius 3 is 2.85 bits per heavy atom. The molecule has 5 heteroatoms. The molecular weight excluding hydrogens is 256 g/mol. The first-order valence-electron chi connectivity index (χ1n) is 6.38. The predicted octanol–water partition coefficient (Wildman–Crippen LogP) is 1.88. The first kappa shape index (κ1) is 14.1. The highest BCUT2D eigenvalue weighted by Crippen LogP contribution is 2.27. The molecule has 2 rings (SSSR count). The van der Waals surface area contributed by atoms with Gasteiger partial charge in [0, 0.05) is 13.0 Å². The summed E-state index contributed by atoms with van der Waals surface area (Å²) in [4.78, 5) is 17.4. The number of carbonyl (C=O) groups is 1. The van der Waals surface area contributed by atoms with E-state index in [0.717, 1.165) is 17.0 Å². The van der Waals surface area contributed by atoms with Gasteiger partial charge in [-0.05, 0) is 36.8 Å². The summed E-state index contributed by atoms with van der Waals surface area (Å²) < 4.78 is 5.11. The summed E-state index contributed by atoms with van der Waals surface area (Å²) in [7, 11) is 1.62. The maximum absolute atomic E-state index is 12.0. The number of hydrogen-bond acceptors (Lipinski definition) is 4. The van der Waals surface area contributed by atoms with Gasteiger partial charge >= 0.3 is 0 Å². The lowest BCUT2D eigenvalue weighted by atomic mass is 9.95. The Balaban J connectivity index is 2.06. The van der Waals surface area contributed by atoms with Crippen LogP contribution in [0, 0.1) is 0 Å². The van der Waals surface area contributed by atoms with Crippen molar-refractivity contribution in [2.75, 3.05) is 13.7 Å². The number of hydrogen-bond donors (Lipinski definition) is 1. The molecule has 20 heavy (non-hydrogen) atoms. The number of oxime groups is 1. The van der Waals surface area contributed by atoms with Crippen LogP contribution in [0.1, 0.15) is 18.9 Å². The summed E-state index contributed by atoms with van der Waals surface area (Å²) >= 11 is 0. The third-order valence-corrected chi connectivity index (χ3v) is 3.17. The summed E-state index contributed by atoms with van der Waals surface area (Å²) in [5.41, 5.74) is 0.716. The molecule has 1 heterocycles. The molecule has 5 nitrogen and oxygen atoms in total. The number of amides is 1. The van der Waals surface area contributed by atoms with Gasteiger partial charge in [0.25, 0.3) is 5.91 Å². The van der Waals surface area contributed by atoms with Crippen molar-refractivity contribution in [3.05, 3.63) is 42.5 Å². The van der Waals surface area contributed by atoms with Crippen molar-refractivity contribution in [1.82, 2.24) is 5.32 Å². The topological polar surface area (TPSA) is 59.9 Å². The van der Waals surface area contributed by atoms with Gasteiger partial charge in [-0.1, -0.05) is 11.2 Å². The van der Waals surface area contributed by atoms with Crippen molar-refractivity contribution < 1.29 is 14.4 Å². The first-order chi connectivity index (χ1) is 9.59. The lowest BCUT2D eigenvalue weighted by Gasteiger charge is -2.19. The van der Waals surface area contributed by atoms with E-state index in [1.165, 1.54) is 0 Å². The van der Waals surface area contributed by atoms with Gasteiger partial charge in [-0.3, -0.25) is 4.79 Å². The average Bonchev–Trinajstić information content (AvgIpc) is 2.88. The predicted molar refractivity (Wildman–Crippen MR) is 76.8 cm³/mol. The van der Waals surface area contributed by atoms with Crippen LogP contribution < -0.4 is 10.1 Å². The lowest BCUT2D eigenvalue weighted by Crippen LogP contribution is -2.44. The summed E-state index contributed by atoms with van der Waals surface area (Å²) in [6, 6.07) is 7.50. The zero-order chi connectivity index (χ0) is 14.6. The largest absolute Gasteiger partial charge is 0.497 e. The summed E-state index contributed by atoms with van der Waals surface area (Å²) in [6.07, 6.45) is 2.06. The Labute approximate surface area is 118 Å². The number of rotatable bonds is 5. The van der Waals surface area contributed by atoms with Crippen LogP contribution in [-0.4, -0.2) is 30.9 Å². The van der Waals surface area contributed by atoms with Gasteiger partial charge in [0.15, 0.2) is 0 Å². The summed E-state index contributed by atoms with van der Waals surface area (Å²) in [5.74, 6) is 0.587. The van der Waals surface area contributed by atoms with E-state index in [-0.39, 0.29) is 5.91 Å². The number of benzene rings is 1. The smallest absolute Gasteiger partial charge is 0.267 e. The van der Waals surface area contributed by atoms with Crippen LogP contribution in [0.25, 0.3) is 0 Å². The average molecular weight is 274 g/mol. The SMILES string of the molecule is C=CCNC(=O)[C@]1(C)CC(c2ccc(OC)cc2)=NO1. The fourth-order valence-corrected chi connectivity index (χ4v) is 1.95. The fourth-order valence-electron chi connectivity index (χ4n) is 1.95. The first-order valence-corrected chi connectivity index (χ1v) is 6.38. The molecule has 1 atom stereocenters. The normalized spacial score (nSPS) is 20.8. The summed E-state index contributed by atoms with van der Waals surface area (Å²) in [6.45, 7) is 5.70. The highest BCUT2D eigenvalue weighted by atomic mass is 16.7. The Bertz CT molecular complexity index is 537. The molecule has 1 aliphatic rings. The maximum atomic E-state index is 12.0. The molecule has 0 spiro atoms. The van der Waals surface area contributed by atoms with Crippen molar-refractivity contribution in [3.63, 3.8) is 0 Å². The molecular formula is C15H18N2O3. The van der Waals surface area contributed by atoms with E-state index in [1.54, 1.807) is 20.1 Å². The molecule has 0 saturated heterocycles. The lowest BCUT2D eigenvalue weighted by molar-refractivity contribution is -0.141. The van der Waals surface area contributed by atoms with E-state index in [4.69, 9.17) is 9.57 Å². The molecule has 106 valence electrons. The number of nitrogens with zero attached hydrogens (tertiary/aromatic N) is 1. The van der Waals surface area contributed by atoms with Crippen LogP contribution in [0.15, 0.2) is 42.1 Å². The number of ether oxygens (including phenoxy) is 1. The molecule has 0 saturated carbocycles. The Kier molecular flexibility index (Phi) is 4.08. The molecule has 0 fully saturated rings. The molecule has 0 radical (unpaired) electrons. The van der Waals surface area contributed by atoms with Crippen molar-refractivity contribution in [1.29, 1.82) is 0 Å². The van der Waals surface area contributed by atoms with E-state index in [9.17, 15) is 4.79 Å². The van der Waals surface area contributed by atoms with Crippen LogP contribution in [-0.2, 0) is 9.63 Å². The molecule has 1 aliphatic heterocycles. The van der Waals surface area contributed by atoms with Crippen LogP contribution in [0.4, 0.5) is 0 Å². The maximum Gasteiger partial charge on any atom is 0.267 e. The Morgan fingerprint density at radius 2 is 2.25 bits per heavy atom. The van der Waals surface area contributed by atoms with Gasteiger partial charge in [0.1, 0.15) is 5.75 Å². The monoisotopic (exact) mass is 274 g/mol. The van der Waals surface area contributed by atoms with Gasteiger partial charge in [-0.25, -0.2) is 0 Å². The molecule has 0 aromatic heterocycles. The molecule has 0 unspecified atom stereocenters. The highest BCUT2D eigenvalue weighted by Gasteiger charge is 2.41. The minimum absolute atomic E-state index is 0.190. The molecule has 0 bridgehead atoms. The van der Waals surface area contributed by atoms with Gasteiger partial charge < -0.3 is 14.9 Å². The zero-order valence-electron chi connectivity index (χ0n) is 11.7. The molecule has 1 amide bonds. The third-order valence-electron chi connectivity index (χ3n) is 3.17. The second-order valence-electron chi connectivity index (χ2n) is 4.76. The van der Waals surface area contributed by atoms with Crippen LogP contribution >= 0.6 is 0 Å². The van der Waals surface area contributed by atoms with Crippen LogP contribution in [0.5, 0.6) is 5.75 Å². The number of carbonyl (C=O) groups excluding carboxylic acids is 1. The van der Waals surface area contributed by atoms with Crippen LogP contribution in [0.2, 0.25) is 0 Å². The van der Waals surface area contributed by atoms with E-state index in [1.807, 2.05) is 24.3 Å². The highest BCUT2D eigenvalue weighted by molar-refractivity contribution is 6.05. The summed E-state index contributed by atoms with van der Waals surface area (Å²) in [5, 5.41) is 6.76. The second-order valence-corrected chi connectivity index (χ2v) is 4.76. The van der Waals surface area contributed by atoms with Gasteiger partial charge in [0.2, 0.25) is 5.60 Å². The van der Waals surface area contributed by atoms with Gasteiger partial charge in [0.05, 0.1) is 12.8 Å². The minimum Gasteiger partial charge on any atom is -0.497 e. The standard InChI is InChI=1S/C15H18N2O3/c1-4-9-16-14(18)15(2)10-13(17-20-15)11-5-7-12(19-3)8-6-11/h4-8H,1,9-10H2,2-3H3,(H,16,18)/t15-/m0/s1. The van der Waals surface area contributed by atoms with E-state index in [2.05, 4.69) is 17.1 Å². The molecule has 1 N–H and O–H groups in total. The number of nitrogens with one attached hydrogen (secondary N) is 1. The van der Waals surface area contributed by atoms with Crippen molar-refractivity contribution in [2.45, 2.75) is 18.9 Å². The fraction of sp³-hybridized carbons (Fsp3) is 0.333. The van der Waals surface area contributed by atoms with Crippen molar-refractivity contribution in [3.8, 4) is 5.75 Å². The van der Waals surface area contributed by atoms with E-state index < -0.39 is 5.60 Å². The van der Waals surface area contributed by atoms with Crippen LogP contribution in [0.3, 0.4) is 0 Å². The quantitative estimate of drug-likeness (QED) is 0.834. The second kappa shape index (κ2) is 5.77. The number of methoxy groups -OCH3 is 1. The minimum atomic E-state index is -0.960.